The standard InChI is InChI=1S/C35H21ClN2S/c36-33-31(38-34-32(37-33)25-17-8-10-21-29(25)39-34)26-18-11-20-28-30(26)24-16-7-9-19-27(24)35(28,22-12-3-1-4-13-22)23-14-5-2-6-15-23/h1-21H. The molecule has 0 radical (unpaired) electrons. The third-order valence-electron chi connectivity index (χ3n) is 7.91. The summed E-state index contributed by atoms with van der Waals surface area (Å²) in [6.45, 7) is 0. The first kappa shape index (κ1) is 22.7. The fourth-order valence-corrected chi connectivity index (χ4v) is 7.61. The van der Waals surface area contributed by atoms with Gasteiger partial charge in [0.15, 0.2) is 5.15 Å². The zero-order valence-corrected chi connectivity index (χ0v) is 22.4. The van der Waals surface area contributed by atoms with Gasteiger partial charge in [0.25, 0.3) is 0 Å². The van der Waals surface area contributed by atoms with Crippen molar-refractivity contribution in [3.8, 4) is 22.4 Å². The lowest BCUT2D eigenvalue weighted by Gasteiger charge is -2.33. The molecule has 0 N–H and O–H groups in total. The van der Waals surface area contributed by atoms with Crippen molar-refractivity contribution in [1.29, 1.82) is 0 Å². The van der Waals surface area contributed by atoms with Gasteiger partial charge < -0.3 is 0 Å². The number of halogens is 1. The summed E-state index contributed by atoms with van der Waals surface area (Å²) in [4.78, 5) is 10.9. The highest BCUT2D eigenvalue weighted by Gasteiger charge is 2.46. The molecule has 0 saturated heterocycles. The molecule has 2 aromatic heterocycles. The summed E-state index contributed by atoms with van der Waals surface area (Å²) in [6.07, 6.45) is 0. The van der Waals surface area contributed by atoms with Crippen molar-refractivity contribution in [3.05, 3.63) is 155 Å². The van der Waals surface area contributed by atoms with Crippen LogP contribution in [0.4, 0.5) is 0 Å². The topological polar surface area (TPSA) is 25.8 Å². The number of hydrogen-bond acceptors (Lipinski definition) is 3. The van der Waals surface area contributed by atoms with Gasteiger partial charge >= 0.3 is 0 Å². The zero-order chi connectivity index (χ0) is 26.0. The molecule has 1 aliphatic carbocycles. The van der Waals surface area contributed by atoms with Gasteiger partial charge in [-0.2, -0.15) is 0 Å². The molecule has 2 nitrogen and oxygen atoms in total. The molecule has 0 atom stereocenters. The Morgan fingerprint density at radius 3 is 1.95 bits per heavy atom. The van der Waals surface area contributed by atoms with Gasteiger partial charge in [-0.05, 0) is 39.4 Å². The van der Waals surface area contributed by atoms with Crippen LogP contribution >= 0.6 is 22.9 Å². The highest BCUT2D eigenvalue weighted by Crippen LogP contribution is 2.58. The maximum absolute atomic E-state index is 6.96. The van der Waals surface area contributed by atoms with E-state index in [2.05, 4.69) is 115 Å². The van der Waals surface area contributed by atoms with Gasteiger partial charge in [0, 0.05) is 15.6 Å². The van der Waals surface area contributed by atoms with E-state index in [0.29, 0.717) is 5.15 Å². The van der Waals surface area contributed by atoms with Crippen LogP contribution in [-0.2, 0) is 5.41 Å². The fraction of sp³-hybridized carbons (Fsp3) is 0.0286. The average molecular weight is 537 g/mol. The smallest absolute Gasteiger partial charge is 0.156 e. The second-order valence-electron chi connectivity index (χ2n) is 9.87. The molecule has 0 bridgehead atoms. The molecule has 4 heteroatoms. The van der Waals surface area contributed by atoms with Gasteiger partial charge in [0.2, 0.25) is 0 Å². The second-order valence-corrected chi connectivity index (χ2v) is 11.3. The molecule has 184 valence electrons. The summed E-state index contributed by atoms with van der Waals surface area (Å²) in [7, 11) is 0. The molecule has 5 aromatic carbocycles. The Labute approximate surface area is 235 Å². The Balaban J connectivity index is 1.48. The van der Waals surface area contributed by atoms with Crippen molar-refractivity contribution in [2.45, 2.75) is 5.41 Å². The van der Waals surface area contributed by atoms with Crippen LogP contribution in [0.15, 0.2) is 127 Å². The molecule has 39 heavy (non-hydrogen) atoms. The Morgan fingerprint density at radius 2 is 1.18 bits per heavy atom. The van der Waals surface area contributed by atoms with Crippen LogP contribution in [0, 0.1) is 0 Å². The normalized spacial score (nSPS) is 13.5. The van der Waals surface area contributed by atoms with Crippen LogP contribution < -0.4 is 0 Å². The van der Waals surface area contributed by atoms with E-state index >= 15 is 0 Å². The van der Waals surface area contributed by atoms with Gasteiger partial charge in [-0.25, -0.2) is 9.97 Å². The van der Waals surface area contributed by atoms with Gasteiger partial charge in [0.1, 0.15) is 16.0 Å². The summed E-state index contributed by atoms with van der Waals surface area (Å²) >= 11 is 8.62. The maximum atomic E-state index is 6.96. The van der Waals surface area contributed by atoms with E-state index in [1.54, 1.807) is 11.3 Å². The number of fused-ring (bicyclic) bond motifs is 6. The van der Waals surface area contributed by atoms with E-state index in [4.69, 9.17) is 21.6 Å². The minimum absolute atomic E-state index is 0.425. The lowest BCUT2D eigenvalue weighted by Crippen LogP contribution is -2.28. The Bertz CT molecular complexity index is 1990. The molecular formula is C35H21ClN2S. The van der Waals surface area contributed by atoms with Crippen LogP contribution in [0.25, 0.3) is 42.8 Å². The number of aromatic nitrogens is 2. The molecule has 0 aliphatic heterocycles. The molecule has 2 heterocycles. The van der Waals surface area contributed by atoms with Crippen LogP contribution in [-0.4, -0.2) is 9.97 Å². The highest BCUT2D eigenvalue weighted by atomic mass is 35.5. The predicted octanol–water partition coefficient (Wildman–Crippen LogP) is 9.53. The summed E-state index contributed by atoms with van der Waals surface area (Å²) in [5.41, 5.74) is 9.44. The molecule has 0 amide bonds. The van der Waals surface area contributed by atoms with Crippen LogP contribution in [0.5, 0.6) is 0 Å². The number of nitrogens with zero attached hydrogens (tertiary/aromatic N) is 2. The van der Waals surface area contributed by atoms with Crippen molar-refractivity contribution in [2.24, 2.45) is 0 Å². The first-order valence-electron chi connectivity index (χ1n) is 13.0. The van der Waals surface area contributed by atoms with E-state index in [9.17, 15) is 0 Å². The number of rotatable bonds is 3. The summed E-state index contributed by atoms with van der Waals surface area (Å²) in [5, 5.41) is 1.52. The number of hydrogen-bond donors (Lipinski definition) is 0. The molecule has 1 aliphatic rings. The van der Waals surface area contributed by atoms with Crippen LogP contribution in [0.2, 0.25) is 5.15 Å². The van der Waals surface area contributed by atoms with E-state index in [1.807, 2.05) is 12.1 Å². The van der Waals surface area contributed by atoms with Gasteiger partial charge in [-0.15, -0.1) is 11.3 Å². The number of thiophene rings is 1. The fourth-order valence-electron chi connectivity index (χ4n) is 6.36. The first-order valence-corrected chi connectivity index (χ1v) is 14.2. The molecule has 7 aromatic rings. The monoisotopic (exact) mass is 536 g/mol. The minimum atomic E-state index is -0.466. The first-order chi connectivity index (χ1) is 19.3. The van der Waals surface area contributed by atoms with E-state index < -0.39 is 5.41 Å². The summed E-state index contributed by atoms with van der Waals surface area (Å²) < 4.78 is 1.16. The number of benzene rings is 5. The Hall–Kier alpha value is -4.31. The third-order valence-corrected chi connectivity index (χ3v) is 9.23. The largest absolute Gasteiger partial charge is 0.232 e. The lowest BCUT2D eigenvalue weighted by molar-refractivity contribution is 0.768. The van der Waals surface area contributed by atoms with Crippen molar-refractivity contribution >= 4 is 43.4 Å². The predicted molar refractivity (Wildman–Crippen MR) is 163 cm³/mol. The third kappa shape index (κ3) is 3.15. The molecule has 0 unspecified atom stereocenters. The molecular weight excluding hydrogens is 516 g/mol. The second kappa shape index (κ2) is 8.60. The minimum Gasteiger partial charge on any atom is -0.232 e. The van der Waals surface area contributed by atoms with Gasteiger partial charge in [-0.3, -0.25) is 0 Å². The van der Waals surface area contributed by atoms with Crippen LogP contribution in [0.1, 0.15) is 22.3 Å². The van der Waals surface area contributed by atoms with Gasteiger partial charge in [-0.1, -0.05) is 133 Å². The van der Waals surface area contributed by atoms with E-state index in [-0.39, 0.29) is 0 Å². The maximum Gasteiger partial charge on any atom is 0.156 e. The van der Waals surface area contributed by atoms with Crippen molar-refractivity contribution in [2.75, 3.05) is 0 Å². The SMILES string of the molecule is Clc1nc2c(nc1-c1cccc3c1-c1ccccc1C3(c1ccccc1)c1ccccc1)sc1ccccc12. The van der Waals surface area contributed by atoms with Crippen molar-refractivity contribution in [1.82, 2.24) is 9.97 Å². The summed E-state index contributed by atoms with van der Waals surface area (Å²) in [6, 6.07) is 45.2. The Kier molecular flexibility index (Phi) is 5.00. The van der Waals surface area contributed by atoms with Crippen molar-refractivity contribution < 1.29 is 0 Å². The molecule has 8 rings (SSSR count). The lowest BCUT2D eigenvalue weighted by atomic mass is 9.67. The summed E-state index contributed by atoms with van der Waals surface area (Å²) in [5.74, 6) is 0. The average Bonchev–Trinajstić information content (AvgIpc) is 3.51. The Morgan fingerprint density at radius 1 is 0.564 bits per heavy atom. The van der Waals surface area contributed by atoms with Crippen molar-refractivity contribution in [3.63, 3.8) is 0 Å². The van der Waals surface area contributed by atoms with E-state index in [0.717, 1.165) is 37.3 Å². The molecule has 0 spiro atoms. The molecule has 0 fully saturated rings. The molecule has 0 saturated carbocycles. The zero-order valence-electron chi connectivity index (χ0n) is 20.8. The highest BCUT2D eigenvalue weighted by molar-refractivity contribution is 7.25. The van der Waals surface area contributed by atoms with E-state index in [1.165, 1.54) is 27.8 Å². The van der Waals surface area contributed by atoms with Gasteiger partial charge in [0.05, 0.1) is 5.41 Å². The quantitative estimate of drug-likeness (QED) is 0.224. The van der Waals surface area contributed by atoms with Crippen LogP contribution in [0.3, 0.4) is 0 Å².